The maximum Gasteiger partial charge on any atom is 0.116 e. The first kappa shape index (κ1) is 6.65. The Morgan fingerprint density at radius 1 is 0.846 bits per heavy atom. The molecule has 0 aromatic carbocycles. The highest BCUT2D eigenvalue weighted by Gasteiger charge is 2.20. The lowest BCUT2D eigenvalue weighted by atomic mass is 10.1. The quantitative estimate of drug-likeness (QED) is 0.523. The maximum atomic E-state index is 4.17. The van der Waals surface area contributed by atoms with Crippen molar-refractivity contribution in [3.63, 3.8) is 0 Å². The van der Waals surface area contributed by atoms with Crippen LogP contribution in [-0.2, 0) is 0 Å². The third-order valence-electron chi connectivity index (χ3n) is 2.15. The van der Waals surface area contributed by atoms with E-state index in [1.165, 1.54) is 0 Å². The van der Waals surface area contributed by atoms with Crippen LogP contribution in [0.1, 0.15) is 6.42 Å². The Balaban J connectivity index is 2.11. The molecule has 0 spiro atoms. The van der Waals surface area contributed by atoms with Gasteiger partial charge in [0.1, 0.15) is 12.7 Å². The second kappa shape index (κ2) is 2.32. The van der Waals surface area contributed by atoms with Crippen molar-refractivity contribution < 1.29 is 0 Å². The predicted molar refractivity (Wildman–Crippen MR) is 52.6 cm³/mol. The normalized spacial score (nSPS) is 22.8. The molecule has 4 nitrogen and oxygen atoms in total. The summed E-state index contributed by atoms with van der Waals surface area (Å²) < 4.78 is 0. The van der Waals surface area contributed by atoms with Gasteiger partial charge in [0.05, 0.1) is 22.8 Å². The van der Waals surface area contributed by atoms with E-state index in [1.807, 2.05) is 12.2 Å². The molecule has 2 heterocycles. The molecule has 0 N–H and O–H groups in total. The van der Waals surface area contributed by atoms with Gasteiger partial charge in [-0.2, -0.15) is 0 Å². The van der Waals surface area contributed by atoms with Gasteiger partial charge < -0.3 is 0 Å². The van der Waals surface area contributed by atoms with E-state index >= 15 is 0 Å². The molecule has 0 aromatic rings. The minimum atomic E-state index is 0.734. The fourth-order valence-electron chi connectivity index (χ4n) is 1.47. The Bertz CT molecular complexity index is 404. The first-order valence-corrected chi connectivity index (χ1v) is 4.05. The molecule has 62 valence electrons. The minimum absolute atomic E-state index is 0.734. The Hall–Kier alpha value is -1.84. The fourth-order valence-corrected chi connectivity index (χ4v) is 1.47. The van der Waals surface area contributed by atoms with Crippen molar-refractivity contribution in [3.8, 4) is 0 Å². The Kier molecular flexibility index (Phi) is 1.19. The van der Waals surface area contributed by atoms with E-state index in [0.717, 1.165) is 29.2 Å². The van der Waals surface area contributed by atoms with Crippen LogP contribution in [0.15, 0.2) is 43.5 Å². The van der Waals surface area contributed by atoms with Crippen LogP contribution in [0.3, 0.4) is 0 Å². The predicted octanol–water partition coefficient (Wildman–Crippen LogP) is 1.12. The van der Waals surface area contributed by atoms with E-state index in [0.29, 0.717) is 0 Å². The van der Waals surface area contributed by atoms with Crippen LogP contribution in [0.25, 0.3) is 0 Å². The molecule has 4 heteroatoms. The van der Waals surface area contributed by atoms with E-state index in [2.05, 4.69) is 20.0 Å². The molecule has 0 bridgehead atoms. The highest BCUT2D eigenvalue weighted by molar-refractivity contribution is 6.24. The zero-order chi connectivity index (χ0) is 8.67. The number of fused-ring (bicyclic) bond motifs is 2. The number of allylic oxidation sites excluding steroid dienone is 4. The molecular formula is C9H6N4. The topological polar surface area (TPSA) is 49.4 Å². The fraction of sp³-hybridized carbons (Fsp3) is 0.111. The molecule has 0 atom stereocenters. The number of nitrogens with zero attached hydrogens (tertiary/aromatic N) is 4. The van der Waals surface area contributed by atoms with Crippen LogP contribution >= 0.6 is 0 Å². The molecule has 3 rings (SSSR count). The summed E-state index contributed by atoms with van der Waals surface area (Å²) in [5.74, 6) is 0. The zero-order valence-corrected chi connectivity index (χ0v) is 6.81. The average Bonchev–Trinajstić information content (AvgIpc) is 2.72. The van der Waals surface area contributed by atoms with Crippen molar-refractivity contribution in [1.29, 1.82) is 0 Å². The summed E-state index contributed by atoms with van der Waals surface area (Å²) in [4.78, 5) is 16.6. The lowest BCUT2D eigenvalue weighted by Gasteiger charge is -1.97. The number of aliphatic imine (C=N–C) groups is 4. The summed E-state index contributed by atoms with van der Waals surface area (Å²) in [6.07, 6.45) is 7.76. The van der Waals surface area contributed by atoms with E-state index in [4.69, 9.17) is 0 Å². The molecule has 0 aromatic heterocycles. The summed E-state index contributed by atoms with van der Waals surface area (Å²) >= 11 is 0. The summed E-state index contributed by atoms with van der Waals surface area (Å²) in [6.45, 7) is 0. The van der Waals surface area contributed by atoms with Crippen molar-refractivity contribution in [2.24, 2.45) is 20.0 Å². The average molecular weight is 170 g/mol. The first-order chi connectivity index (χ1) is 6.43. The maximum absolute atomic E-state index is 4.17. The molecule has 2 aliphatic heterocycles. The van der Waals surface area contributed by atoms with E-state index in [-0.39, 0.29) is 0 Å². The molecule has 0 fully saturated rings. The Labute approximate surface area is 74.8 Å². The standard InChI is InChI=1S/C9H6N4/c1-2-7-9(13-5-11-7)3-8-6(1)10-4-12-8/h1-2,4-5H,3H2. The van der Waals surface area contributed by atoms with Gasteiger partial charge in [-0.3, -0.25) is 0 Å². The molecule has 0 radical (unpaired) electrons. The van der Waals surface area contributed by atoms with Crippen LogP contribution in [0, 0.1) is 0 Å². The van der Waals surface area contributed by atoms with E-state index in [9.17, 15) is 0 Å². The van der Waals surface area contributed by atoms with Crippen LogP contribution in [0.2, 0.25) is 0 Å². The molecule has 1 aliphatic carbocycles. The number of hydrogen-bond donors (Lipinski definition) is 0. The SMILES string of the molecule is C1=NC2=CC=C3N=CN=C3CC2=N1. The van der Waals surface area contributed by atoms with Gasteiger partial charge in [-0.1, -0.05) is 0 Å². The lowest BCUT2D eigenvalue weighted by molar-refractivity contribution is 1.45. The minimum Gasteiger partial charge on any atom is -0.239 e. The van der Waals surface area contributed by atoms with Gasteiger partial charge in [-0.05, 0) is 12.2 Å². The monoisotopic (exact) mass is 170 g/mol. The van der Waals surface area contributed by atoms with Crippen molar-refractivity contribution >= 4 is 24.1 Å². The van der Waals surface area contributed by atoms with Crippen molar-refractivity contribution in [3.05, 3.63) is 23.5 Å². The van der Waals surface area contributed by atoms with Gasteiger partial charge in [-0.25, -0.2) is 20.0 Å². The van der Waals surface area contributed by atoms with Gasteiger partial charge in [0.25, 0.3) is 0 Å². The van der Waals surface area contributed by atoms with Crippen molar-refractivity contribution in [2.45, 2.75) is 6.42 Å². The van der Waals surface area contributed by atoms with Gasteiger partial charge in [-0.15, -0.1) is 0 Å². The molecule has 0 saturated carbocycles. The second-order valence-electron chi connectivity index (χ2n) is 2.92. The van der Waals surface area contributed by atoms with Crippen molar-refractivity contribution in [2.75, 3.05) is 0 Å². The van der Waals surface area contributed by atoms with Gasteiger partial charge in [0, 0.05) is 6.42 Å². The highest BCUT2D eigenvalue weighted by Crippen LogP contribution is 2.20. The van der Waals surface area contributed by atoms with Crippen LogP contribution in [0.4, 0.5) is 0 Å². The van der Waals surface area contributed by atoms with Gasteiger partial charge in [0.2, 0.25) is 0 Å². The van der Waals surface area contributed by atoms with Gasteiger partial charge in [0.15, 0.2) is 0 Å². The summed E-state index contributed by atoms with van der Waals surface area (Å²) in [7, 11) is 0. The van der Waals surface area contributed by atoms with Gasteiger partial charge >= 0.3 is 0 Å². The third-order valence-corrected chi connectivity index (χ3v) is 2.15. The molecule has 3 aliphatic rings. The highest BCUT2D eigenvalue weighted by atomic mass is 15.0. The molecule has 13 heavy (non-hydrogen) atoms. The van der Waals surface area contributed by atoms with Crippen LogP contribution < -0.4 is 0 Å². The molecule has 0 amide bonds. The second-order valence-corrected chi connectivity index (χ2v) is 2.92. The smallest absolute Gasteiger partial charge is 0.116 e. The summed E-state index contributed by atoms with van der Waals surface area (Å²) in [5.41, 5.74) is 3.82. The summed E-state index contributed by atoms with van der Waals surface area (Å²) in [5, 5.41) is 0. The van der Waals surface area contributed by atoms with E-state index in [1.54, 1.807) is 12.7 Å². The van der Waals surface area contributed by atoms with Crippen LogP contribution in [0.5, 0.6) is 0 Å². The largest absolute Gasteiger partial charge is 0.239 e. The Morgan fingerprint density at radius 3 is 1.92 bits per heavy atom. The van der Waals surface area contributed by atoms with E-state index < -0.39 is 0 Å². The third kappa shape index (κ3) is 0.917. The Morgan fingerprint density at radius 2 is 1.38 bits per heavy atom. The first-order valence-electron chi connectivity index (χ1n) is 4.05. The zero-order valence-electron chi connectivity index (χ0n) is 6.81. The lowest BCUT2D eigenvalue weighted by Crippen LogP contribution is -2.05. The number of rotatable bonds is 0. The summed E-state index contributed by atoms with van der Waals surface area (Å²) in [6, 6.07) is 0. The van der Waals surface area contributed by atoms with Crippen LogP contribution in [-0.4, -0.2) is 24.1 Å². The number of hydrogen-bond acceptors (Lipinski definition) is 4. The molecule has 0 unspecified atom stereocenters. The molecule has 0 saturated heterocycles. The van der Waals surface area contributed by atoms with Crippen molar-refractivity contribution in [1.82, 2.24) is 0 Å². The molecular weight excluding hydrogens is 164 g/mol.